The van der Waals surface area contributed by atoms with Crippen LogP contribution in [0.15, 0.2) is 40.9 Å². The first-order valence-corrected chi connectivity index (χ1v) is 8.95. The Bertz CT molecular complexity index is 986. The van der Waals surface area contributed by atoms with Crippen LogP contribution >= 0.6 is 0 Å². The number of esters is 2. The molecule has 0 aliphatic carbocycles. The number of benzene rings is 1. The largest absolute Gasteiger partial charge is 0.459 e. The summed E-state index contributed by atoms with van der Waals surface area (Å²) in [7, 11) is 0. The minimum Gasteiger partial charge on any atom is -0.459 e. The maximum Gasteiger partial charge on any atom is 0.355 e. The van der Waals surface area contributed by atoms with Crippen LogP contribution in [0.2, 0.25) is 0 Å². The zero-order valence-corrected chi connectivity index (χ0v) is 16.2. The van der Waals surface area contributed by atoms with Gasteiger partial charge in [-0.1, -0.05) is 35.5 Å². The number of nitrogens with zero attached hydrogens (tertiary/aromatic N) is 1. The Balaban J connectivity index is 1.69. The molecule has 2 aromatic heterocycles. The molecule has 0 saturated carbocycles. The van der Waals surface area contributed by atoms with Gasteiger partial charge in [0.1, 0.15) is 18.0 Å². The summed E-state index contributed by atoms with van der Waals surface area (Å²) < 4.78 is 15.9. The van der Waals surface area contributed by atoms with E-state index in [-0.39, 0.29) is 18.4 Å². The Kier molecular flexibility index (Phi) is 5.63. The van der Waals surface area contributed by atoms with Crippen LogP contribution in [0.5, 0.6) is 0 Å². The van der Waals surface area contributed by atoms with Gasteiger partial charge in [0.15, 0.2) is 5.76 Å². The predicted molar refractivity (Wildman–Crippen MR) is 102 cm³/mol. The van der Waals surface area contributed by atoms with Crippen molar-refractivity contribution < 1.29 is 23.6 Å². The van der Waals surface area contributed by atoms with Gasteiger partial charge in [0.05, 0.1) is 11.7 Å². The fourth-order valence-electron chi connectivity index (χ4n) is 2.86. The summed E-state index contributed by atoms with van der Waals surface area (Å²) >= 11 is 0. The van der Waals surface area contributed by atoms with Crippen LogP contribution in [0.1, 0.15) is 51.6 Å². The first kappa shape index (κ1) is 19.4. The summed E-state index contributed by atoms with van der Waals surface area (Å²) in [5, 5.41) is 3.93. The van der Waals surface area contributed by atoms with Crippen molar-refractivity contribution in [2.24, 2.45) is 0 Å². The second kappa shape index (κ2) is 8.12. The molecular weight excluding hydrogens is 360 g/mol. The van der Waals surface area contributed by atoms with Gasteiger partial charge in [-0.15, -0.1) is 0 Å². The normalized spacial score (nSPS) is 10.9. The summed E-state index contributed by atoms with van der Waals surface area (Å²) in [6.45, 7) is 6.89. The van der Waals surface area contributed by atoms with Crippen LogP contribution in [0.25, 0.3) is 11.3 Å². The van der Waals surface area contributed by atoms with Crippen LogP contribution < -0.4 is 0 Å². The number of aromatic amines is 1. The van der Waals surface area contributed by atoms with E-state index in [2.05, 4.69) is 10.1 Å². The van der Waals surface area contributed by atoms with Gasteiger partial charge in [-0.2, -0.15) is 0 Å². The van der Waals surface area contributed by atoms with Gasteiger partial charge < -0.3 is 19.0 Å². The molecule has 0 radical (unpaired) electrons. The van der Waals surface area contributed by atoms with E-state index in [0.29, 0.717) is 28.3 Å². The van der Waals surface area contributed by atoms with Gasteiger partial charge in [0.2, 0.25) is 0 Å². The highest BCUT2D eigenvalue weighted by atomic mass is 16.5. The van der Waals surface area contributed by atoms with Crippen molar-refractivity contribution in [1.29, 1.82) is 0 Å². The molecule has 1 N–H and O–H groups in total. The lowest BCUT2D eigenvalue weighted by Gasteiger charge is -2.08. The average molecular weight is 382 g/mol. The van der Waals surface area contributed by atoms with E-state index in [0.717, 1.165) is 5.56 Å². The molecule has 2 heterocycles. The fraction of sp³-hybridized carbons (Fsp3) is 0.286. The van der Waals surface area contributed by atoms with Crippen molar-refractivity contribution in [3.63, 3.8) is 0 Å². The van der Waals surface area contributed by atoms with Gasteiger partial charge in [-0.25, -0.2) is 9.59 Å². The van der Waals surface area contributed by atoms with Crippen molar-refractivity contribution >= 4 is 11.9 Å². The Morgan fingerprint density at radius 3 is 2.54 bits per heavy atom. The number of H-pyrrole nitrogens is 1. The Labute approximate surface area is 162 Å². The molecule has 1 aromatic carbocycles. The molecule has 7 heteroatoms. The maximum absolute atomic E-state index is 12.5. The van der Waals surface area contributed by atoms with E-state index >= 15 is 0 Å². The molecule has 0 atom stereocenters. The predicted octanol–water partition coefficient (Wildman–Crippen LogP) is 4.21. The molecule has 0 aliphatic rings. The first-order valence-electron chi connectivity index (χ1n) is 8.95. The van der Waals surface area contributed by atoms with Crippen LogP contribution in [0.3, 0.4) is 0 Å². The molecule has 0 amide bonds. The maximum atomic E-state index is 12.5. The van der Waals surface area contributed by atoms with E-state index in [4.69, 9.17) is 14.0 Å². The second-order valence-corrected chi connectivity index (χ2v) is 6.70. The Morgan fingerprint density at radius 1 is 1.14 bits per heavy atom. The quantitative estimate of drug-likeness (QED) is 0.642. The number of hydrogen-bond donors (Lipinski definition) is 1. The molecule has 28 heavy (non-hydrogen) atoms. The third-order valence-electron chi connectivity index (χ3n) is 4.16. The van der Waals surface area contributed by atoms with E-state index in [1.54, 1.807) is 33.8 Å². The van der Waals surface area contributed by atoms with Gasteiger partial charge in [0, 0.05) is 17.3 Å². The highest BCUT2D eigenvalue weighted by Crippen LogP contribution is 2.22. The molecule has 3 rings (SSSR count). The SMILES string of the molecule is Cc1[nH]c(C(=O)OCc2cc(-c3ccccc3)on2)c(C)c1C(=O)OC(C)C. The van der Waals surface area contributed by atoms with E-state index < -0.39 is 11.9 Å². The minimum absolute atomic E-state index is 0.0432. The minimum atomic E-state index is -0.576. The van der Waals surface area contributed by atoms with Crippen molar-refractivity contribution in [2.75, 3.05) is 0 Å². The number of carbonyl (C=O) groups is 2. The number of ether oxygens (including phenoxy) is 2. The lowest BCUT2D eigenvalue weighted by atomic mass is 10.1. The highest BCUT2D eigenvalue weighted by Gasteiger charge is 2.24. The number of carbonyl (C=O) groups excluding carboxylic acids is 2. The zero-order valence-electron chi connectivity index (χ0n) is 16.2. The van der Waals surface area contributed by atoms with Crippen LogP contribution in [-0.4, -0.2) is 28.2 Å². The van der Waals surface area contributed by atoms with E-state index in [1.807, 2.05) is 30.3 Å². The topological polar surface area (TPSA) is 94.4 Å². The zero-order chi connectivity index (χ0) is 20.3. The Morgan fingerprint density at radius 2 is 1.86 bits per heavy atom. The Hall–Kier alpha value is -3.35. The third kappa shape index (κ3) is 4.14. The molecule has 0 saturated heterocycles. The molecule has 0 aliphatic heterocycles. The summed E-state index contributed by atoms with van der Waals surface area (Å²) in [5.74, 6) is -0.449. The number of nitrogens with one attached hydrogen (secondary N) is 1. The smallest absolute Gasteiger partial charge is 0.355 e. The number of aryl methyl sites for hydroxylation is 1. The first-order chi connectivity index (χ1) is 13.4. The summed E-state index contributed by atoms with van der Waals surface area (Å²) in [6.07, 6.45) is -0.248. The summed E-state index contributed by atoms with van der Waals surface area (Å²) in [4.78, 5) is 27.6. The lowest BCUT2D eigenvalue weighted by Crippen LogP contribution is -2.13. The summed E-state index contributed by atoms with van der Waals surface area (Å²) in [6, 6.07) is 11.2. The molecule has 7 nitrogen and oxygen atoms in total. The van der Waals surface area contributed by atoms with E-state index in [1.165, 1.54) is 0 Å². The van der Waals surface area contributed by atoms with E-state index in [9.17, 15) is 9.59 Å². The number of hydrogen-bond acceptors (Lipinski definition) is 6. The van der Waals surface area contributed by atoms with Crippen molar-refractivity contribution in [3.8, 4) is 11.3 Å². The summed E-state index contributed by atoms with van der Waals surface area (Å²) in [5.41, 5.74) is 3.01. The average Bonchev–Trinajstić information content (AvgIpc) is 3.24. The van der Waals surface area contributed by atoms with Gasteiger partial charge >= 0.3 is 11.9 Å². The molecular formula is C21H22N2O5. The van der Waals surface area contributed by atoms with Gasteiger partial charge in [0.25, 0.3) is 0 Å². The number of aromatic nitrogens is 2. The standard InChI is InChI=1S/C21H22N2O5/c1-12(2)27-20(24)18-13(3)19(22-14(18)4)21(25)26-11-16-10-17(28-23-16)15-8-6-5-7-9-15/h5-10,12,22H,11H2,1-4H3. The monoisotopic (exact) mass is 382 g/mol. The molecule has 146 valence electrons. The van der Waals surface area contributed by atoms with Crippen molar-refractivity contribution in [1.82, 2.24) is 10.1 Å². The van der Waals surface area contributed by atoms with Crippen molar-refractivity contribution in [2.45, 2.75) is 40.4 Å². The van der Waals surface area contributed by atoms with Gasteiger partial charge in [-0.05, 0) is 33.3 Å². The lowest BCUT2D eigenvalue weighted by molar-refractivity contribution is 0.0376. The fourth-order valence-corrected chi connectivity index (χ4v) is 2.86. The number of rotatable bonds is 6. The highest BCUT2D eigenvalue weighted by molar-refractivity contribution is 5.98. The van der Waals surface area contributed by atoms with Crippen LogP contribution in [0.4, 0.5) is 0 Å². The molecule has 3 aromatic rings. The van der Waals surface area contributed by atoms with Crippen LogP contribution in [-0.2, 0) is 16.1 Å². The second-order valence-electron chi connectivity index (χ2n) is 6.70. The molecule has 0 fully saturated rings. The van der Waals surface area contributed by atoms with Crippen molar-refractivity contribution in [3.05, 3.63) is 64.6 Å². The van der Waals surface area contributed by atoms with Crippen LogP contribution in [0, 0.1) is 13.8 Å². The molecule has 0 spiro atoms. The van der Waals surface area contributed by atoms with Gasteiger partial charge in [-0.3, -0.25) is 0 Å². The molecule has 0 unspecified atom stereocenters. The third-order valence-corrected chi connectivity index (χ3v) is 4.16. The molecule has 0 bridgehead atoms.